The molecule has 0 aromatic heterocycles. The van der Waals surface area contributed by atoms with Gasteiger partial charge in [0.25, 0.3) is 5.69 Å². The molecule has 0 saturated carbocycles. The normalized spacial score (nSPS) is 13.0. The number of hydrogen-bond donors (Lipinski definition) is 1. The van der Waals surface area contributed by atoms with Crippen molar-refractivity contribution in [3.05, 3.63) is 51.5 Å². The first-order valence-corrected chi connectivity index (χ1v) is 9.15. The summed E-state index contributed by atoms with van der Waals surface area (Å²) < 4.78 is 11.2. The standard InChI is InChI=1S/C17H15ClN2O5S/c18-11-2-4-14(20(22)23)13(8-11)19-17(21)10-26-12-3-5-15-16(9-12)25-7-1-6-24-15/h2-5,8-9H,1,6-7,10H2,(H,19,21). The minimum Gasteiger partial charge on any atom is -0.490 e. The fourth-order valence-electron chi connectivity index (χ4n) is 2.34. The lowest BCUT2D eigenvalue weighted by Gasteiger charge is -2.09. The number of carbonyl (C=O) groups excluding carboxylic acids is 1. The summed E-state index contributed by atoms with van der Waals surface area (Å²) in [7, 11) is 0. The average Bonchev–Trinajstić information content (AvgIpc) is 2.84. The molecule has 2 aromatic carbocycles. The van der Waals surface area contributed by atoms with Gasteiger partial charge >= 0.3 is 0 Å². The molecule has 0 fully saturated rings. The van der Waals surface area contributed by atoms with E-state index in [0.717, 1.165) is 11.3 Å². The molecule has 0 spiro atoms. The van der Waals surface area contributed by atoms with Crippen molar-refractivity contribution in [2.45, 2.75) is 11.3 Å². The van der Waals surface area contributed by atoms with Crippen molar-refractivity contribution in [1.29, 1.82) is 0 Å². The Hall–Kier alpha value is -2.45. The lowest BCUT2D eigenvalue weighted by molar-refractivity contribution is -0.383. The zero-order valence-corrected chi connectivity index (χ0v) is 15.1. The Morgan fingerprint density at radius 1 is 1.19 bits per heavy atom. The number of amides is 1. The smallest absolute Gasteiger partial charge is 0.292 e. The monoisotopic (exact) mass is 394 g/mol. The SMILES string of the molecule is O=C(CSc1ccc2c(c1)OCCCO2)Nc1cc(Cl)ccc1[N+](=O)[O-]. The highest BCUT2D eigenvalue weighted by Crippen LogP contribution is 2.34. The van der Waals surface area contributed by atoms with Crippen LogP contribution in [0.1, 0.15) is 6.42 Å². The van der Waals surface area contributed by atoms with Crippen LogP contribution in [-0.2, 0) is 4.79 Å². The summed E-state index contributed by atoms with van der Waals surface area (Å²) in [6, 6.07) is 9.49. The molecule has 1 N–H and O–H groups in total. The van der Waals surface area contributed by atoms with Crippen LogP contribution in [0.3, 0.4) is 0 Å². The van der Waals surface area contributed by atoms with Crippen molar-refractivity contribution in [3.63, 3.8) is 0 Å². The average molecular weight is 395 g/mol. The van der Waals surface area contributed by atoms with Crippen LogP contribution in [0.25, 0.3) is 0 Å². The van der Waals surface area contributed by atoms with Gasteiger partial charge < -0.3 is 14.8 Å². The zero-order valence-electron chi connectivity index (χ0n) is 13.6. The molecule has 7 nitrogen and oxygen atoms in total. The highest BCUT2D eigenvalue weighted by Gasteiger charge is 2.17. The molecular weight excluding hydrogens is 380 g/mol. The van der Waals surface area contributed by atoms with Gasteiger partial charge in [0.2, 0.25) is 5.91 Å². The highest BCUT2D eigenvalue weighted by molar-refractivity contribution is 8.00. The van der Waals surface area contributed by atoms with Crippen molar-refractivity contribution < 1.29 is 19.2 Å². The minimum atomic E-state index is -0.567. The maximum atomic E-state index is 12.2. The first-order valence-electron chi connectivity index (χ1n) is 7.79. The number of nitrogens with zero attached hydrogens (tertiary/aromatic N) is 1. The Balaban J connectivity index is 1.64. The van der Waals surface area contributed by atoms with E-state index in [1.807, 2.05) is 18.2 Å². The number of ether oxygens (including phenoxy) is 2. The zero-order chi connectivity index (χ0) is 18.5. The molecule has 3 rings (SSSR count). The number of anilines is 1. The molecule has 0 unspecified atom stereocenters. The number of fused-ring (bicyclic) bond motifs is 1. The van der Waals surface area contributed by atoms with E-state index < -0.39 is 4.92 Å². The van der Waals surface area contributed by atoms with E-state index in [2.05, 4.69) is 5.32 Å². The van der Waals surface area contributed by atoms with Gasteiger partial charge in [0.05, 0.1) is 23.9 Å². The fourth-order valence-corrected chi connectivity index (χ4v) is 3.23. The molecule has 0 atom stereocenters. The van der Waals surface area contributed by atoms with Crippen LogP contribution in [0.15, 0.2) is 41.3 Å². The van der Waals surface area contributed by atoms with Crippen molar-refractivity contribution >= 4 is 40.6 Å². The molecule has 26 heavy (non-hydrogen) atoms. The number of hydrogen-bond acceptors (Lipinski definition) is 6. The molecule has 0 saturated heterocycles. The summed E-state index contributed by atoms with van der Waals surface area (Å²) in [4.78, 5) is 23.5. The molecule has 1 amide bonds. The van der Waals surface area contributed by atoms with Crippen LogP contribution in [-0.4, -0.2) is 29.8 Å². The number of nitro benzene ring substituents is 1. The van der Waals surface area contributed by atoms with Crippen molar-refractivity contribution in [2.24, 2.45) is 0 Å². The summed E-state index contributed by atoms with van der Waals surface area (Å²) in [5.41, 5.74) is -0.130. The summed E-state index contributed by atoms with van der Waals surface area (Å²) in [5, 5.41) is 13.9. The van der Waals surface area contributed by atoms with Crippen LogP contribution in [0.4, 0.5) is 11.4 Å². The molecule has 1 aliphatic heterocycles. The first-order chi connectivity index (χ1) is 12.5. The quantitative estimate of drug-likeness (QED) is 0.465. The molecule has 0 radical (unpaired) electrons. The number of rotatable bonds is 5. The Morgan fingerprint density at radius 3 is 2.73 bits per heavy atom. The summed E-state index contributed by atoms with van der Waals surface area (Å²) in [6.07, 6.45) is 0.817. The topological polar surface area (TPSA) is 90.7 Å². The largest absolute Gasteiger partial charge is 0.490 e. The maximum absolute atomic E-state index is 12.2. The molecule has 1 aliphatic rings. The van der Waals surface area contributed by atoms with Gasteiger partial charge in [-0.1, -0.05) is 11.6 Å². The Morgan fingerprint density at radius 2 is 1.96 bits per heavy atom. The third-order valence-electron chi connectivity index (χ3n) is 3.52. The molecule has 0 aliphatic carbocycles. The Labute approximate surface area is 158 Å². The third-order valence-corrected chi connectivity index (χ3v) is 4.75. The van der Waals surface area contributed by atoms with Crippen LogP contribution < -0.4 is 14.8 Å². The van der Waals surface area contributed by atoms with Gasteiger partial charge in [-0.05, 0) is 30.3 Å². The van der Waals surface area contributed by atoms with E-state index in [-0.39, 0.29) is 23.0 Å². The fraction of sp³-hybridized carbons (Fsp3) is 0.235. The minimum absolute atomic E-state index is 0.0757. The van der Waals surface area contributed by atoms with Crippen molar-refractivity contribution in [3.8, 4) is 11.5 Å². The van der Waals surface area contributed by atoms with E-state index in [4.69, 9.17) is 21.1 Å². The van der Waals surface area contributed by atoms with E-state index in [0.29, 0.717) is 29.7 Å². The predicted molar refractivity (Wildman–Crippen MR) is 99.5 cm³/mol. The third kappa shape index (κ3) is 4.59. The summed E-state index contributed by atoms with van der Waals surface area (Å²) in [5.74, 6) is 1.06. The second kappa shape index (κ2) is 8.29. The van der Waals surface area contributed by atoms with Crippen molar-refractivity contribution in [1.82, 2.24) is 0 Å². The lowest BCUT2D eigenvalue weighted by Crippen LogP contribution is -2.15. The van der Waals surface area contributed by atoms with E-state index in [1.54, 1.807) is 0 Å². The number of nitrogens with one attached hydrogen (secondary N) is 1. The molecule has 136 valence electrons. The van der Waals surface area contributed by atoms with Crippen LogP contribution >= 0.6 is 23.4 Å². The van der Waals surface area contributed by atoms with Gasteiger partial charge in [-0.3, -0.25) is 14.9 Å². The van der Waals surface area contributed by atoms with Gasteiger partial charge in [-0.25, -0.2) is 0 Å². The first kappa shape index (κ1) is 18.3. The van der Waals surface area contributed by atoms with Gasteiger partial charge in [-0.15, -0.1) is 11.8 Å². The lowest BCUT2D eigenvalue weighted by atomic mass is 10.2. The van der Waals surface area contributed by atoms with Crippen LogP contribution in [0, 0.1) is 10.1 Å². The second-order valence-electron chi connectivity index (χ2n) is 5.41. The number of nitro groups is 1. The number of halogens is 1. The molecular formula is C17H15ClN2O5S. The van der Waals surface area contributed by atoms with E-state index in [1.165, 1.54) is 30.0 Å². The van der Waals surface area contributed by atoms with Gasteiger partial charge in [0.1, 0.15) is 5.69 Å². The Kier molecular flexibility index (Phi) is 5.85. The number of thioether (sulfide) groups is 1. The maximum Gasteiger partial charge on any atom is 0.292 e. The van der Waals surface area contributed by atoms with Crippen LogP contribution in [0.5, 0.6) is 11.5 Å². The van der Waals surface area contributed by atoms with Gasteiger partial charge in [-0.2, -0.15) is 0 Å². The molecule has 2 aromatic rings. The number of carbonyl (C=O) groups is 1. The van der Waals surface area contributed by atoms with Crippen LogP contribution in [0.2, 0.25) is 5.02 Å². The molecule has 0 bridgehead atoms. The summed E-state index contributed by atoms with van der Waals surface area (Å²) in [6.45, 7) is 1.19. The van der Waals surface area contributed by atoms with Gasteiger partial charge in [0.15, 0.2) is 11.5 Å². The number of benzene rings is 2. The Bertz CT molecular complexity index is 846. The highest BCUT2D eigenvalue weighted by atomic mass is 35.5. The van der Waals surface area contributed by atoms with E-state index >= 15 is 0 Å². The molecule has 9 heteroatoms. The summed E-state index contributed by atoms with van der Waals surface area (Å²) >= 11 is 7.15. The predicted octanol–water partition coefficient (Wildman–Crippen LogP) is 4.14. The van der Waals surface area contributed by atoms with Gasteiger partial charge in [0, 0.05) is 22.4 Å². The van der Waals surface area contributed by atoms with Crippen molar-refractivity contribution in [2.75, 3.05) is 24.3 Å². The van der Waals surface area contributed by atoms with E-state index in [9.17, 15) is 14.9 Å². The molecule has 1 heterocycles. The second-order valence-corrected chi connectivity index (χ2v) is 6.90.